The number of aryl methyl sites for hydroxylation is 3. The van der Waals surface area contributed by atoms with E-state index >= 15 is 0 Å². The van der Waals surface area contributed by atoms with Gasteiger partial charge in [0.25, 0.3) is 0 Å². The molecule has 0 aromatic carbocycles. The lowest BCUT2D eigenvalue weighted by Gasteiger charge is -2.33. The average molecular weight is 518 g/mol. The smallest absolute Gasteiger partial charge is 0.110 e. The number of aliphatic hydroxyl groups is 1. The van der Waals surface area contributed by atoms with E-state index in [2.05, 4.69) is 33.9 Å². The SMILES string of the molecule is Cc1ccnc(C(C2CCOCC2)n2c3cc(-c4c(C)nnn4C)cnc3c3snc(C(C)(C)O)c32)c1. The molecule has 0 amide bonds. The summed E-state index contributed by atoms with van der Waals surface area (Å²) in [5.41, 5.74) is 7.24. The third kappa shape index (κ3) is 4.03. The van der Waals surface area contributed by atoms with Crippen molar-refractivity contribution in [2.45, 2.75) is 52.2 Å². The van der Waals surface area contributed by atoms with Gasteiger partial charge in [0.2, 0.25) is 0 Å². The minimum atomic E-state index is -1.12. The molecule has 192 valence electrons. The molecule has 1 aliphatic heterocycles. The van der Waals surface area contributed by atoms with Crippen LogP contribution in [0.3, 0.4) is 0 Å². The van der Waals surface area contributed by atoms with Gasteiger partial charge in [-0.15, -0.1) is 5.10 Å². The first kappa shape index (κ1) is 24.1. The summed E-state index contributed by atoms with van der Waals surface area (Å²) < 4.78 is 15.6. The Morgan fingerprint density at radius 2 is 1.95 bits per heavy atom. The molecule has 1 atom stereocenters. The number of pyridine rings is 2. The van der Waals surface area contributed by atoms with E-state index in [-0.39, 0.29) is 6.04 Å². The highest BCUT2D eigenvalue weighted by atomic mass is 32.1. The van der Waals surface area contributed by atoms with Gasteiger partial charge in [0.1, 0.15) is 16.8 Å². The Kier molecular flexibility index (Phi) is 5.85. The molecule has 0 saturated carbocycles. The summed E-state index contributed by atoms with van der Waals surface area (Å²) in [5, 5.41) is 19.6. The van der Waals surface area contributed by atoms with Crippen molar-refractivity contribution >= 4 is 32.8 Å². The van der Waals surface area contributed by atoms with Gasteiger partial charge in [0, 0.05) is 38.2 Å². The van der Waals surface area contributed by atoms with Crippen molar-refractivity contribution < 1.29 is 9.84 Å². The van der Waals surface area contributed by atoms with E-state index in [1.807, 2.05) is 32.4 Å². The van der Waals surface area contributed by atoms with Gasteiger partial charge in [0.15, 0.2) is 0 Å². The second-order valence-electron chi connectivity index (χ2n) is 10.5. The molecule has 1 fully saturated rings. The second-order valence-corrected chi connectivity index (χ2v) is 11.3. The fourth-order valence-corrected chi connectivity index (χ4v) is 6.63. The highest BCUT2D eigenvalue weighted by molar-refractivity contribution is 7.14. The summed E-state index contributed by atoms with van der Waals surface area (Å²) >= 11 is 1.39. The molecule has 1 saturated heterocycles. The molecule has 6 rings (SSSR count). The zero-order chi connectivity index (χ0) is 25.9. The number of aromatic nitrogens is 7. The lowest BCUT2D eigenvalue weighted by molar-refractivity contribution is 0.0543. The van der Waals surface area contributed by atoms with Gasteiger partial charge in [-0.1, -0.05) is 5.21 Å². The Morgan fingerprint density at radius 3 is 2.62 bits per heavy atom. The van der Waals surface area contributed by atoms with Crippen LogP contribution in [-0.2, 0) is 17.4 Å². The minimum Gasteiger partial charge on any atom is -0.384 e. The van der Waals surface area contributed by atoms with Crippen LogP contribution in [0.5, 0.6) is 0 Å². The Labute approximate surface area is 219 Å². The first-order chi connectivity index (χ1) is 17.7. The van der Waals surface area contributed by atoms with E-state index < -0.39 is 5.60 Å². The van der Waals surface area contributed by atoms with E-state index in [0.29, 0.717) is 11.6 Å². The third-order valence-electron chi connectivity index (χ3n) is 7.33. The number of ether oxygens (including phenoxy) is 1. The molecular weight excluding hydrogens is 486 g/mol. The van der Waals surface area contributed by atoms with Gasteiger partial charge >= 0.3 is 0 Å². The molecule has 5 aromatic rings. The van der Waals surface area contributed by atoms with E-state index in [1.165, 1.54) is 11.5 Å². The molecule has 1 N–H and O–H groups in total. The largest absolute Gasteiger partial charge is 0.384 e. The van der Waals surface area contributed by atoms with Crippen LogP contribution in [0.15, 0.2) is 30.6 Å². The summed E-state index contributed by atoms with van der Waals surface area (Å²) in [6.07, 6.45) is 5.62. The average Bonchev–Trinajstić information content (AvgIpc) is 3.53. The number of nitrogens with zero attached hydrogens (tertiary/aromatic N) is 7. The van der Waals surface area contributed by atoms with E-state index in [9.17, 15) is 5.11 Å². The Hall–Kier alpha value is -3.21. The first-order valence-electron chi connectivity index (χ1n) is 12.6. The number of rotatable bonds is 5. The van der Waals surface area contributed by atoms with Gasteiger partial charge in [-0.3, -0.25) is 9.97 Å². The monoisotopic (exact) mass is 517 g/mol. The van der Waals surface area contributed by atoms with E-state index in [1.54, 1.807) is 18.5 Å². The normalized spacial score (nSPS) is 16.2. The summed E-state index contributed by atoms with van der Waals surface area (Å²) in [6, 6.07) is 6.31. The molecule has 0 aliphatic carbocycles. The summed E-state index contributed by atoms with van der Waals surface area (Å²) in [4.78, 5) is 9.83. The second kappa shape index (κ2) is 8.97. The summed E-state index contributed by atoms with van der Waals surface area (Å²) in [7, 11) is 1.90. The van der Waals surface area contributed by atoms with Crippen LogP contribution in [0.4, 0.5) is 0 Å². The van der Waals surface area contributed by atoms with Crippen LogP contribution < -0.4 is 0 Å². The van der Waals surface area contributed by atoms with Crippen molar-refractivity contribution in [2.24, 2.45) is 13.0 Å². The van der Waals surface area contributed by atoms with Gasteiger partial charge in [-0.25, -0.2) is 4.68 Å². The molecule has 5 aromatic heterocycles. The Morgan fingerprint density at radius 1 is 1.16 bits per heavy atom. The zero-order valence-corrected chi connectivity index (χ0v) is 22.6. The van der Waals surface area contributed by atoms with Crippen LogP contribution >= 0.6 is 11.5 Å². The van der Waals surface area contributed by atoms with Gasteiger partial charge in [0.05, 0.1) is 38.9 Å². The van der Waals surface area contributed by atoms with Gasteiger partial charge in [-0.2, -0.15) is 4.37 Å². The Balaban J connectivity index is 1.71. The maximum atomic E-state index is 11.2. The van der Waals surface area contributed by atoms with Crippen molar-refractivity contribution in [3.8, 4) is 11.3 Å². The molecule has 0 radical (unpaired) electrons. The molecule has 0 spiro atoms. The molecule has 6 heterocycles. The summed E-state index contributed by atoms with van der Waals surface area (Å²) in [5.74, 6) is 0.306. The van der Waals surface area contributed by atoms with E-state index in [4.69, 9.17) is 19.1 Å². The predicted octanol–water partition coefficient (Wildman–Crippen LogP) is 4.70. The summed E-state index contributed by atoms with van der Waals surface area (Å²) in [6.45, 7) is 9.09. The van der Waals surface area contributed by atoms with Crippen LogP contribution in [0.1, 0.15) is 55.4 Å². The van der Waals surface area contributed by atoms with Crippen molar-refractivity contribution in [3.63, 3.8) is 0 Å². The number of hydrogen-bond donors (Lipinski definition) is 1. The predicted molar refractivity (Wildman–Crippen MR) is 144 cm³/mol. The molecule has 0 bridgehead atoms. The van der Waals surface area contributed by atoms with Crippen LogP contribution in [-0.4, -0.2) is 52.2 Å². The van der Waals surface area contributed by atoms with E-state index in [0.717, 1.165) is 75.5 Å². The molecule has 1 aliphatic rings. The fourth-order valence-electron chi connectivity index (χ4n) is 5.61. The highest BCUT2D eigenvalue weighted by Gasteiger charge is 2.35. The third-order valence-corrected chi connectivity index (χ3v) is 8.17. The standard InChI is InChI=1S/C27H31N7O2S/c1-15-6-9-28-19(12-15)23(17-7-10-36-11-8-17)34-20-13-18(22-16(2)30-32-33(22)5)14-29-21(20)25-24(34)26(31-37-25)27(3,4)35/h6,9,12-14,17,23,35H,7-8,10-11H2,1-5H3. The van der Waals surface area contributed by atoms with Crippen molar-refractivity contribution in [2.75, 3.05) is 13.2 Å². The van der Waals surface area contributed by atoms with Crippen LogP contribution in [0, 0.1) is 19.8 Å². The van der Waals surface area contributed by atoms with Crippen molar-refractivity contribution in [1.82, 2.24) is 33.9 Å². The fraction of sp³-hybridized carbons (Fsp3) is 0.444. The quantitative estimate of drug-likeness (QED) is 0.360. The zero-order valence-electron chi connectivity index (χ0n) is 21.8. The Bertz CT molecular complexity index is 1590. The molecular formula is C27H31N7O2S. The molecule has 9 nitrogen and oxygen atoms in total. The number of hydrogen-bond acceptors (Lipinski definition) is 8. The molecule has 1 unspecified atom stereocenters. The highest BCUT2D eigenvalue weighted by Crippen LogP contribution is 2.44. The van der Waals surface area contributed by atoms with Crippen LogP contribution in [0.25, 0.3) is 32.5 Å². The lowest BCUT2D eigenvalue weighted by Crippen LogP contribution is -2.28. The maximum absolute atomic E-state index is 11.2. The minimum absolute atomic E-state index is 0.0656. The lowest BCUT2D eigenvalue weighted by atomic mass is 9.88. The maximum Gasteiger partial charge on any atom is 0.110 e. The first-order valence-corrected chi connectivity index (χ1v) is 13.4. The van der Waals surface area contributed by atoms with Crippen molar-refractivity contribution in [3.05, 3.63) is 53.2 Å². The number of fused-ring (bicyclic) bond motifs is 3. The van der Waals surface area contributed by atoms with Gasteiger partial charge in [-0.05, 0) is 81.7 Å². The van der Waals surface area contributed by atoms with Gasteiger partial charge < -0.3 is 14.4 Å². The topological polar surface area (TPSA) is 104 Å². The molecule has 10 heteroatoms. The molecule has 37 heavy (non-hydrogen) atoms. The van der Waals surface area contributed by atoms with Crippen molar-refractivity contribution in [1.29, 1.82) is 0 Å². The van der Waals surface area contributed by atoms with Crippen LogP contribution in [0.2, 0.25) is 0 Å².